The lowest BCUT2D eigenvalue weighted by Crippen LogP contribution is -2.30. The van der Waals surface area contributed by atoms with Crippen LogP contribution < -0.4 is 10.5 Å². The minimum Gasteiger partial charge on any atom is -0.496 e. The molecule has 0 fully saturated rings. The fourth-order valence-corrected chi connectivity index (χ4v) is 3.74. The molecule has 1 aromatic heterocycles. The first-order valence-corrected chi connectivity index (χ1v) is 8.28. The smallest absolute Gasteiger partial charge is 0.126 e. The van der Waals surface area contributed by atoms with Crippen LogP contribution in [-0.4, -0.2) is 17.0 Å². The Hall–Kier alpha value is -2.81. The number of hydrogen-bond acceptors (Lipinski definition) is 4. The van der Waals surface area contributed by atoms with Crippen molar-refractivity contribution in [2.45, 2.75) is 26.2 Å². The van der Waals surface area contributed by atoms with Gasteiger partial charge in [-0.15, -0.1) is 0 Å². The number of benzene rings is 2. The summed E-state index contributed by atoms with van der Waals surface area (Å²) in [7, 11) is 1.68. The number of methoxy groups -OCH3 is 1. The number of fused-ring (bicyclic) bond motifs is 2. The summed E-state index contributed by atoms with van der Waals surface area (Å²) < 4.78 is 5.63. The molecule has 25 heavy (non-hydrogen) atoms. The molecule has 2 heterocycles. The van der Waals surface area contributed by atoms with Crippen LogP contribution in [0.2, 0.25) is 0 Å². The van der Waals surface area contributed by atoms with E-state index >= 15 is 0 Å². The number of aromatic nitrogens is 1. The molecule has 5 nitrogen and oxygen atoms in total. The van der Waals surface area contributed by atoms with Crippen LogP contribution in [0.15, 0.2) is 36.5 Å². The average molecular weight is 332 g/mol. The highest BCUT2D eigenvalue weighted by atomic mass is 16.5. The zero-order chi connectivity index (χ0) is 17.6. The van der Waals surface area contributed by atoms with Gasteiger partial charge in [-0.25, -0.2) is 0 Å². The Morgan fingerprint density at radius 1 is 1.24 bits per heavy atom. The number of aromatic amines is 1. The summed E-state index contributed by atoms with van der Waals surface area (Å²) in [6, 6.07) is 12.1. The number of hydrogen-bond donors (Lipinski definition) is 2. The number of nitriles is 1. The first kappa shape index (κ1) is 15.7. The number of aryl methyl sites for hydroxylation is 1. The van der Waals surface area contributed by atoms with Crippen molar-refractivity contribution in [3.8, 4) is 11.8 Å². The minimum atomic E-state index is -0.285. The van der Waals surface area contributed by atoms with Crippen LogP contribution in [-0.2, 0) is 13.1 Å². The van der Waals surface area contributed by atoms with Gasteiger partial charge < -0.3 is 15.5 Å². The number of nitrogens with zero attached hydrogens (tertiary/aromatic N) is 2. The molecular formula is C20H20N4O. The van der Waals surface area contributed by atoms with Crippen molar-refractivity contribution in [3.05, 3.63) is 64.3 Å². The number of nitrogens with one attached hydrogen (secondary N) is 1. The highest BCUT2D eigenvalue weighted by Crippen LogP contribution is 2.38. The van der Waals surface area contributed by atoms with Crippen LogP contribution in [0.3, 0.4) is 0 Å². The normalized spacial score (nSPS) is 15.1. The fraction of sp³-hybridized carbons (Fsp3) is 0.250. The number of ether oxygens (including phenoxy) is 1. The maximum Gasteiger partial charge on any atom is 0.126 e. The van der Waals surface area contributed by atoms with E-state index in [1.54, 1.807) is 7.11 Å². The van der Waals surface area contributed by atoms with Gasteiger partial charge in [-0.1, -0.05) is 6.07 Å². The van der Waals surface area contributed by atoms with E-state index in [-0.39, 0.29) is 6.17 Å². The largest absolute Gasteiger partial charge is 0.496 e. The molecule has 0 saturated carbocycles. The summed E-state index contributed by atoms with van der Waals surface area (Å²) in [5.74, 6) is 0.811. The molecule has 1 unspecified atom stereocenters. The van der Waals surface area contributed by atoms with Crippen LogP contribution in [0.5, 0.6) is 5.75 Å². The van der Waals surface area contributed by atoms with Gasteiger partial charge in [0.25, 0.3) is 0 Å². The van der Waals surface area contributed by atoms with Gasteiger partial charge in [0.1, 0.15) is 5.75 Å². The molecule has 0 spiro atoms. The second kappa shape index (κ2) is 5.92. The molecule has 0 radical (unpaired) electrons. The van der Waals surface area contributed by atoms with Gasteiger partial charge in [0.15, 0.2) is 0 Å². The molecule has 1 aliphatic heterocycles. The van der Waals surface area contributed by atoms with Crippen molar-refractivity contribution in [2.24, 2.45) is 5.73 Å². The van der Waals surface area contributed by atoms with Crippen LogP contribution in [0.4, 0.5) is 0 Å². The Labute approximate surface area is 146 Å². The molecule has 1 atom stereocenters. The molecular weight excluding hydrogens is 312 g/mol. The lowest BCUT2D eigenvalue weighted by atomic mass is 10.0. The van der Waals surface area contributed by atoms with E-state index in [0.717, 1.165) is 40.9 Å². The maximum absolute atomic E-state index is 9.10. The summed E-state index contributed by atoms with van der Waals surface area (Å²) in [6.07, 6.45) is 1.65. The molecule has 3 aromatic rings. The molecule has 3 N–H and O–H groups in total. The van der Waals surface area contributed by atoms with Crippen molar-refractivity contribution in [1.82, 2.24) is 9.88 Å². The van der Waals surface area contributed by atoms with Crippen molar-refractivity contribution in [3.63, 3.8) is 0 Å². The second-order valence-electron chi connectivity index (χ2n) is 6.52. The number of nitrogens with two attached hydrogens (primary N) is 1. The molecule has 0 saturated heterocycles. The number of H-pyrrole nitrogens is 1. The third kappa shape index (κ3) is 2.47. The molecule has 2 aromatic carbocycles. The third-order valence-corrected chi connectivity index (χ3v) is 5.04. The monoisotopic (exact) mass is 332 g/mol. The first-order chi connectivity index (χ1) is 12.1. The van der Waals surface area contributed by atoms with Gasteiger partial charge in [-0.2, -0.15) is 5.26 Å². The van der Waals surface area contributed by atoms with E-state index in [2.05, 4.69) is 28.9 Å². The summed E-state index contributed by atoms with van der Waals surface area (Å²) in [5.41, 5.74) is 13.0. The Morgan fingerprint density at radius 2 is 2.04 bits per heavy atom. The first-order valence-electron chi connectivity index (χ1n) is 8.28. The summed E-state index contributed by atoms with van der Waals surface area (Å²) in [5, 5.41) is 10.2. The topological polar surface area (TPSA) is 78.1 Å². The van der Waals surface area contributed by atoms with Gasteiger partial charge in [-0.3, -0.25) is 4.90 Å². The summed E-state index contributed by atoms with van der Waals surface area (Å²) in [4.78, 5) is 5.51. The van der Waals surface area contributed by atoms with E-state index in [1.165, 1.54) is 11.1 Å². The van der Waals surface area contributed by atoms with E-state index in [4.69, 9.17) is 15.7 Å². The SMILES string of the molecule is COc1cc(C)c2[nH]ccc2c1C(N)N1Cc2ccc(C#N)cc2C1. The molecule has 5 heteroatoms. The lowest BCUT2D eigenvalue weighted by molar-refractivity contribution is 0.202. The van der Waals surface area contributed by atoms with E-state index in [0.29, 0.717) is 5.56 Å². The quantitative estimate of drug-likeness (QED) is 0.771. The number of rotatable bonds is 3. The molecule has 126 valence electrons. The standard InChI is InChI=1S/C20H20N4O/c1-12-7-17(25-2)18(16-5-6-23-19(12)16)20(22)24-10-14-4-3-13(9-21)8-15(14)11-24/h3-8,20,23H,10-11,22H2,1-2H3. The van der Waals surface area contributed by atoms with Crippen molar-refractivity contribution >= 4 is 10.9 Å². The Balaban J connectivity index is 1.74. The fourth-order valence-electron chi connectivity index (χ4n) is 3.74. The molecule has 1 aliphatic rings. The molecule has 0 aliphatic carbocycles. The van der Waals surface area contributed by atoms with Gasteiger partial charge in [0.05, 0.1) is 24.9 Å². The predicted molar refractivity (Wildman–Crippen MR) is 96.9 cm³/mol. The van der Waals surface area contributed by atoms with E-state index in [9.17, 15) is 0 Å². The predicted octanol–water partition coefficient (Wildman–Crippen LogP) is 3.33. The van der Waals surface area contributed by atoms with Gasteiger partial charge in [0, 0.05) is 35.8 Å². The van der Waals surface area contributed by atoms with E-state index < -0.39 is 0 Å². The molecule has 0 bridgehead atoms. The van der Waals surface area contributed by atoms with Crippen LogP contribution in [0.25, 0.3) is 10.9 Å². The molecule has 4 rings (SSSR count). The summed E-state index contributed by atoms with van der Waals surface area (Å²) >= 11 is 0. The average Bonchev–Trinajstić information content (AvgIpc) is 3.27. The highest BCUT2D eigenvalue weighted by molar-refractivity contribution is 5.88. The van der Waals surface area contributed by atoms with E-state index in [1.807, 2.05) is 30.5 Å². The zero-order valence-corrected chi connectivity index (χ0v) is 14.3. The Bertz CT molecular complexity index is 999. The summed E-state index contributed by atoms with van der Waals surface area (Å²) in [6.45, 7) is 3.56. The van der Waals surface area contributed by atoms with Crippen LogP contribution in [0, 0.1) is 18.3 Å². The zero-order valence-electron chi connectivity index (χ0n) is 14.3. The van der Waals surface area contributed by atoms with Gasteiger partial charge in [0.2, 0.25) is 0 Å². The van der Waals surface area contributed by atoms with Crippen LogP contribution in [0.1, 0.15) is 34.0 Å². The lowest BCUT2D eigenvalue weighted by Gasteiger charge is -2.26. The Kier molecular flexibility index (Phi) is 3.72. The van der Waals surface area contributed by atoms with Crippen molar-refractivity contribution in [1.29, 1.82) is 5.26 Å². The minimum absolute atomic E-state index is 0.285. The maximum atomic E-state index is 9.10. The third-order valence-electron chi connectivity index (χ3n) is 5.04. The van der Waals surface area contributed by atoms with Crippen LogP contribution >= 0.6 is 0 Å². The van der Waals surface area contributed by atoms with Crippen molar-refractivity contribution < 1.29 is 4.74 Å². The van der Waals surface area contributed by atoms with Gasteiger partial charge >= 0.3 is 0 Å². The highest BCUT2D eigenvalue weighted by Gasteiger charge is 2.28. The van der Waals surface area contributed by atoms with Gasteiger partial charge in [-0.05, 0) is 47.9 Å². The second-order valence-corrected chi connectivity index (χ2v) is 6.52. The van der Waals surface area contributed by atoms with Crippen molar-refractivity contribution in [2.75, 3.05) is 7.11 Å². The molecule has 0 amide bonds. The Morgan fingerprint density at radius 3 is 2.80 bits per heavy atom.